The SMILES string of the molecule is CCCOc1ccc(N[C@H](C)c2cccc3ccccc23)cc1Br. The van der Waals surface area contributed by atoms with Gasteiger partial charge in [-0.05, 0) is 63.8 Å². The van der Waals surface area contributed by atoms with Crippen molar-refractivity contribution in [3.05, 3.63) is 70.7 Å². The predicted octanol–water partition coefficient (Wildman–Crippen LogP) is 6.56. The van der Waals surface area contributed by atoms with Crippen molar-refractivity contribution in [2.24, 2.45) is 0 Å². The summed E-state index contributed by atoms with van der Waals surface area (Å²) in [6, 6.07) is 21.3. The van der Waals surface area contributed by atoms with Crippen LogP contribution >= 0.6 is 15.9 Å². The standard InChI is InChI=1S/C21H22BrNO/c1-3-13-24-21-12-11-17(14-20(21)22)23-15(2)18-10-6-8-16-7-4-5-9-19(16)18/h4-12,14-15,23H,3,13H2,1-2H3/t15-/m1/s1. The summed E-state index contributed by atoms with van der Waals surface area (Å²) in [4.78, 5) is 0. The van der Waals surface area contributed by atoms with Gasteiger partial charge in [0.2, 0.25) is 0 Å². The van der Waals surface area contributed by atoms with E-state index in [1.54, 1.807) is 0 Å². The lowest BCUT2D eigenvalue weighted by atomic mass is 9.99. The second-order valence-electron chi connectivity index (χ2n) is 5.93. The molecular formula is C21H22BrNO. The maximum atomic E-state index is 5.71. The van der Waals surface area contributed by atoms with Gasteiger partial charge >= 0.3 is 0 Å². The minimum atomic E-state index is 0.213. The fraction of sp³-hybridized carbons (Fsp3) is 0.238. The highest BCUT2D eigenvalue weighted by Gasteiger charge is 2.10. The molecule has 0 amide bonds. The Labute approximate surface area is 152 Å². The highest BCUT2D eigenvalue weighted by molar-refractivity contribution is 9.10. The molecule has 0 saturated carbocycles. The molecule has 0 aliphatic rings. The number of rotatable bonds is 6. The van der Waals surface area contributed by atoms with Gasteiger partial charge in [-0.25, -0.2) is 0 Å². The maximum Gasteiger partial charge on any atom is 0.133 e. The van der Waals surface area contributed by atoms with E-state index >= 15 is 0 Å². The first-order valence-corrected chi connectivity index (χ1v) is 9.15. The van der Waals surface area contributed by atoms with Gasteiger partial charge in [0.05, 0.1) is 11.1 Å². The van der Waals surface area contributed by atoms with Crippen LogP contribution in [0.25, 0.3) is 10.8 Å². The Morgan fingerprint density at radius 1 is 1.04 bits per heavy atom. The van der Waals surface area contributed by atoms with Gasteiger partial charge in [-0.15, -0.1) is 0 Å². The zero-order valence-electron chi connectivity index (χ0n) is 14.1. The van der Waals surface area contributed by atoms with Crippen molar-refractivity contribution in [2.75, 3.05) is 11.9 Å². The van der Waals surface area contributed by atoms with Crippen molar-refractivity contribution >= 4 is 32.4 Å². The van der Waals surface area contributed by atoms with Crippen LogP contribution in [0.5, 0.6) is 5.75 Å². The van der Waals surface area contributed by atoms with Gasteiger partial charge < -0.3 is 10.1 Å². The topological polar surface area (TPSA) is 21.3 Å². The summed E-state index contributed by atoms with van der Waals surface area (Å²) in [5, 5.41) is 6.15. The zero-order chi connectivity index (χ0) is 16.9. The van der Waals surface area contributed by atoms with Crippen molar-refractivity contribution in [1.29, 1.82) is 0 Å². The Morgan fingerprint density at radius 2 is 1.83 bits per heavy atom. The van der Waals surface area contributed by atoms with Gasteiger partial charge in [0.1, 0.15) is 5.75 Å². The van der Waals surface area contributed by atoms with Crippen molar-refractivity contribution in [3.63, 3.8) is 0 Å². The molecule has 0 unspecified atom stereocenters. The van der Waals surface area contributed by atoms with E-state index in [2.05, 4.69) is 89.7 Å². The molecule has 1 N–H and O–H groups in total. The van der Waals surface area contributed by atoms with E-state index in [0.717, 1.165) is 28.9 Å². The molecule has 0 bridgehead atoms. The molecule has 3 aromatic rings. The molecule has 0 aliphatic heterocycles. The summed E-state index contributed by atoms with van der Waals surface area (Å²) in [7, 11) is 0. The quantitative estimate of drug-likeness (QED) is 0.519. The van der Waals surface area contributed by atoms with Gasteiger partial charge in [0, 0.05) is 11.7 Å². The molecule has 0 spiro atoms. The molecule has 1 atom stereocenters. The average Bonchev–Trinajstić information content (AvgIpc) is 2.60. The molecule has 0 radical (unpaired) electrons. The predicted molar refractivity (Wildman–Crippen MR) is 106 cm³/mol. The summed E-state index contributed by atoms with van der Waals surface area (Å²) in [5.41, 5.74) is 2.38. The molecular weight excluding hydrogens is 362 g/mol. The molecule has 0 saturated heterocycles. The highest BCUT2D eigenvalue weighted by atomic mass is 79.9. The molecule has 124 valence electrons. The van der Waals surface area contributed by atoms with Crippen LogP contribution in [0.15, 0.2) is 65.1 Å². The third-order valence-electron chi connectivity index (χ3n) is 4.07. The number of anilines is 1. The fourth-order valence-corrected chi connectivity index (χ4v) is 3.37. The van der Waals surface area contributed by atoms with Crippen LogP contribution in [0.2, 0.25) is 0 Å². The number of ether oxygens (including phenoxy) is 1. The Bertz CT molecular complexity index is 826. The normalized spacial score (nSPS) is 12.1. The summed E-state index contributed by atoms with van der Waals surface area (Å²) < 4.78 is 6.69. The molecule has 0 heterocycles. The third kappa shape index (κ3) is 3.73. The van der Waals surface area contributed by atoms with Crippen molar-refractivity contribution in [2.45, 2.75) is 26.3 Å². The van der Waals surface area contributed by atoms with Gasteiger partial charge in [0.15, 0.2) is 0 Å². The molecule has 2 nitrogen and oxygen atoms in total. The fourth-order valence-electron chi connectivity index (χ4n) is 2.88. The Balaban J connectivity index is 1.81. The lowest BCUT2D eigenvalue weighted by molar-refractivity contribution is 0.315. The second-order valence-corrected chi connectivity index (χ2v) is 6.78. The molecule has 3 heteroatoms. The molecule has 0 aromatic heterocycles. The van der Waals surface area contributed by atoms with E-state index in [4.69, 9.17) is 4.74 Å². The van der Waals surface area contributed by atoms with Crippen LogP contribution in [-0.2, 0) is 0 Å². The summed E-state index contributed by atoms with van der Waals surface area (Å²) in [6.07, 6.45) is 1.00. The Kier molecular flexibility index (Phi) is 5.41. The van der Waals surface area contributed by atoms with Crippen molar-refractivity contribution < 1.29 is 4.74 Å². The zero-order valence-corrected chi connectivity index (χ0v) is 15.6. The van der Waals surface area contributed by atoms with Crippen molar-refractivity contribution in [3.8, 4) is 5.75 Å². The number of nitrogens with one attached hydrogen (secondary N) is 1. The van der Waals surface area contributed by atoms with Crippen LogP contribution in [0, 0.1) is 0 Å². The highest BCUT2D eigenvalue weighted by Crippen LogP contribution is 2.31. The maximum absolute atomic E-state index is 5.71. The van der Waals surface area contributed by atoms with Crippen LogP contribution in [0.4, 0.5) is 5.69 Å². The Hall–Kier alpha value is -2.00. The second kappa shape index (κ2) is 7.71. The minimum Gasteiger partial charge on any atom is -0.492 e. The third-order valence-corrected chi connectivity index (χ3v) is 4.69. The summed E-state index contributed by atoms with van der Waals surface area (Å²) in [5.74, 6) is 0.889. The molecule has 3 rings (SSSR count). The van der Waals surface area contributed by atoms with Gasteiger partial charge in [-0.1, -0.05) is 49.4 Å². The first kappa shape index (κ1) is 16.8. The average molecular weight is 384 g/mol. The van der Waals surface area contributed by atoms with E-state index in [0.29, 0.717) is 0 Å². The van der Waals surface area contributed by atoms with E-state index in [1.165, 1.54) is 16.3 Å². The lowest BCUT2D eigenvalue weighted by Crippen LogP contribution is -2.07. The van der Waals surface area contributed by atoms with Crippen LogP contribution < -0.4 is 10.1 Å². The summed E-state index contributed by atoms with van der Waals surface area (Å²) >= 11 is 3.60. The van der Waals surface area contributed by atoms with Crippen LogP contribution in [0.3, 0.4) is 0 Å². The summed E-state index contributed by atoms with van der Waals surface area (Å²) in [6.45, 7) is 5.03. The van der Waals surface area contributed by atoms with E-state index < -0.39 is 0 Å². The molecule has 3 aromatic carbocycles. The van der Waals surface area contributed by atoms with Crippen LogP contribution in [-0.4, -0.2) is 6.61 Å². The van der Waals surface area contributed by atoms with Gasteiger partial charge in [-0.3, -0.25) is 0 Å². The van der Waals surface area contributed by atoms with E-state index in [9.17, 15) is 0 Å². The van der Waals surface area contributed by atoms with Crippen LogP contribution in [0.1, 0.15) is 31.9 Å². The largest absolute Gasteiger partial charge is 0.492 e. The minimum absolute atomic E-state index is 0.213. The first-order chi connectivity index (χ1) is 11.7. The van der Waals surface area contributed by atoms with E-state index in [-0.39, 0.29) is 6.04 Å². The number of hydrogen-bond donors (Lipinski definition) is 1. The number of hydrogen-bond acceptors (Lipinski definition) is 2. The monoisotopic (exact) mass is 383 g/mol. The first-order valence-electron chi connectivity index (χ1n) is 8.35. The lowest BCUT2D eigenvalue weighted by Gasteiger charge is -2.18. The van der Waals surface area contributed by atoms with E-state index in [1.807, 2.05) is 6.07 Å². The molecule has 0 fully saturated rings. The smallest absolute Gasteiger partial charge is 0.133 e. The van der Waals surface area contributed by atoms with Gasteiger partial charge in [-0.2, -0.15) is 0 Å². The number of fused-ring (bicyclic) bond motifs is 1. The Morgan fingerprint density at radius 3 is 2.62 bits per heavy atom. The van der Waals surface area contributed by atoms with Crippen molar-refractivity contribution in [1.82, 2.24) is 0 Å². The van der Waals surface area contributed by atoms with Gasteiger partial charge in [0.25, 0.3) is 0 Å². The number of halogens is 1. The molecule has 0 aliphatic carbocycles. The molecule has 24 heavy (non-hydrogen) atoms. The number of benzene rings is 3.